The van der Waals surface area contributed by atoms with Crippen molar-refractivity contribution in [1.82, 2.24) is 25.1 Å². The van der Waals surface area contributed by atoms with Gasteiger partial charge in [-0.1, -0.05) is 0 Å². The Kier molecular flexibility index (Phi) is 10.1. The Bertz CT molecular complexity index is 761. The van der Waals surface area contributed by atoms with Crippen molar-refractivity contribution in [2.45, 2.75) is 51.1 Å². The number of alkyl halides is 3. The summed E-state index contributed by atoms with van der Waals surface area (Å²) in [5.41, 5.74) is -3.07. The van der Waals surface area contributed by atoms with Gasteiger partial charge in [-0.25, -0.2) is 8.42 Å². The molecule has 2 rings (SSSR count). The molecular weight excluding hydrogens is 524 g/mol. The number of halogens is 4. The quantitative estimate of drug-likeness (QED) is 0.208. The number of piperidine rings is 1. The number of guanidine groups is 1. The maximum Gasteiger partial charge on any atom is 0.511 e. The fraction of sp³-hybridized carbons (Fsp3) is 0.750. The van der Waals surface area contributed by atoms with Gasteiger partial charge < -0.3 is 10.6 Å². The first-order valence-corrected chi connectivity index (χ1v) is 10.7. The zero-order valence-corrected chi connectivity index (χ0v) is 19.6. The first-order chi connectivity index (χ1) is 13.1. The van der Waals surface area contributed by atoms with Crippen LogP contribution in [0.25, 0.3) is 0 Å². The van der Waals surface area contributed by atoms with E-state index >= 15 is 0 Å². The Hall–Kier alpha value is -1.09. The highest BCUT2D eigenvalue weighted by Crippen LogP contribution is 2.28. The summed E-state index contributed by atoms with van der Waals surface area (Å²) in [6.45, 7) is 4.78. The van der Waals surface area contributed by atoms with Crippen molar-refractivity contribution in [2.24, 2.45) is 4.99 Å². The highest BCUT2D eigenvalue weighted by molar-refractivity contribution is 14.0. The third-order valence-corrected chi connectivity index (χ3v) is 6.21. The van der Waals surface area contributed by atoms with Gasteiger partial charge in [-0.3, -0.25) is 10.1 Å². The van der Waals surface area contributed by atoms with Crippen molar-refractivity contribution in [2.75, 3.05) is 26.2 Å². The highest BCUT2D eigenvalue weighted by atomic mass is 127. The molecular formula is C16H28F3IN6O2S. The summed E-state index contributed by atoms with van der Waals surface area (Å²) in [7, 11) is -5.25. The molecule has 0 bridgehead atoms. The molecule has 1 aromatic rings. The van der Waals surface area contributed by atoms with Crippen LogP contribution in [-0.2, 0) is 16.4 Å². The van der Waals surface area contributed by atoms with Crippen molar-refractivity contribution in [3.63, 3.8) is 0 Å². The van der Waals surface area contributed by atoms with E-state index < -0.39 is 15.5 Å². The predicted octanol–water partition coefficient (Wildman–Crippen LogP) is 2.14. The summed E-state index contributed by atoms with van der Waals surface area (Å²) in [4.78, 5) is 4.50. The molecule has 8 nitrogen and oxygen atoms in total. The number of nitrogens with one attached hydrogen (secondary N) is 3. The number of hydrogen-bond donors (Lipinski definition) is 3. The van der Waals surface area contributed by atoms with Crippen molar-refractivity contribution >= 4 is 40.0 Å². The molecule has 0 aliphatic carbocycles. The minimum absolute atomic E-state index is 0. The third-order valence-electron chi connectivity index (χ3n) is 4.58. The molecule has 13 heteroatoms. The van der Waals surface area contributed by atoms with Crippen LogP contribution in [0.4, 0.5) is 13.2 Å². The van der Waals surface area contributed by atoms with Crippen molar-refractivity contribution < 1.29 is 21.6 Å². The summed E-state index contributed by atoms with van der Waals surface area (Å²) in [6.07, 6.45) is 4.05. The molecule has 1 aliphatic rings. The summed E-state index contributed by atoms with van der Waals surface area (Å²) in [5.74, 6) is 0.587. The lowest BCUT2D eigenvalue weighted by Crippen LogP contribution is -2.51. The summed E-state index contributed by atoms with van der Waals surface area (Å²) in [5, 5.41) is 13.2. The molecule has 3 N–H and O–H groups in total. The minimum atomic E-state index is -5.25. The molecule has 0 amide bonds. The summed E-state index contributed by atoms with van der Waals surface area (Å²) >= 11 is 0. The van der Waals surface area contributed by atoms with Gasteiger partial charge in [0.05, 0.1) is 6.20 Å². The maximum atomic E-state index is 12.6. The Labute approximate surface area is 186 Å². The molecule has 168 valence electrons. The van der Waals surface area contributed by atoms with Crippen LogP contribution in [0.15, 0.2) is 11.2 Å². The van der Waals surface area contributed by atoms with Crippen molar-refractivity contribution in [3.05, 3.63) is 17.5 Å². The number of sulfonamides is 1. The summed E-state index contributed by atoms with van der Waals surface area (Å²) in [6, 6.07) is -0.131. The largest absolute Gasteiger partial charge is 0.511 e. The minimum Gasteiger partial charge on any atom is -0.357 e. The third kappa shape index (κ3) is 7.27. The van der Waals surface area contributed by atoms with Gasteiger partial charge in [0.15, 0.2) is 5.96 Å². The van der Waals surface area contributed by atoms with Crippen molar-refractivity contribution in [1.29, 1.82) is 0 Å². The molecule has 0 unspecified atom stereocenters. The lowest BCUT2D eigenvalue weighted by Gasteiger charge is -2.32. The van der Waals surface area contributed by atoms with Crippen LogP contribution >= 0.6 is 24.0 Å². The number of nitrogens with zero attached hydrogens (tertiary/aromatic N) is 3. The van der Waals surface area contributed by atoms with Crippen LogP contribution in [0.3, 0.4) is 0 Å². The van der Waals surface area contributed by atoms with Gasteiger partial charge in [-0.05, 0) is 45.1 Å². The lowest BCUT2D eigenvalue weighted by atomic mass is 10.1. The Morgan fingerprint density at radius 2 is 2.03 bits per heavy atom. The number of H-pyrrole nitrogens is 1. The molecule has 2 heterocycles. The van der Waals surface area contributed by atoms with Gasteiger partial charge in [0.2, 0.25) is 0 Å². The average molecular weight is 552 g/mol. The molecule has 1 fully saturated rings. The maximum absolute atomic E-state index is 12.6. The Balaban J connectivity index is 0.00000420. The second-order valence-electron chi connectivity index (χ2n) is 6.65. The smallest absolute Gasteiger partial charge is 0.357 e. The van der Waals surface area contributed by atoms with Crippen LogP contribution in [0.1, 0.15) is 37.4 Å². The van der Waals surface area contributed by atoms with Gasteiger partial charge in [0.25, 0.3) is 0 Å². The second-order valence-corrected chi connectivity index (χ2v) is 8.58. The number of aromatic amines is 1. The molecule has 0 atom stereocenters. The predicted molar refractivity (Wildman–Crippen MR) is 116 cm³/mol. The zero-order chi connectivity index (χ0) is 20.8. The van der Waals surface area contributed by atoms with E-state index in [-0.39, 0.29) is 55.9 Å². The van der Waals surface area contributed by atoms with Gasteiger partial charge >= 0.3 is 15.5 Å². The number of aromatic nitrogens is 2. The van der Waals surface area contributed by atoms with E-state index in [1.165, 1.54) is 0 Å². The number of aryl methyl sites for hydroxylation is 2. The van der Waals surface area contributed by atoms with E-state index in [4.69, 9.17) is 0 Å². The number of aliphatic imine (C=N–C) groups is 1. The topological polar surface area (TPSA) is 102 Å². The van der Waals surface area contributed by atoms with E-state index in [1.54, 1.807) is 6.20 Å². The normalized spacial score (nSPS) is 17.1. The fourth-order valence-electron chi connectivity index (χ4n) is 2.99. The first-order valence-electron chi connectivity index (χ1n) is 9.25. The van der Waals surface area contributed by atoms with Gasteiger partial charge in [-0.2, -0.15) is 22.6 Å². The summed E-state index contributed by atoms with van der Waals surface area (Å²) < 4.78 is 61.4. The SMILES string of the molecule is CCNC(=NCCCc1cn[nH]c1C)NC1CCN(S(=O)(=O)C(F)(F)F)CC1.I. The number of rotatable bonds is 7. The fourth-order valence-corrected chi connectivity index (χ4v) is 3.97. The van der Waals surface area contributed by atoms with Gasteiger partial charge in [0.1, 0.15) is 0 Å². The second kappa shape index (κ2) is 11.3. The van der Waals surface area contributed by atoms with Crippen molar-refractivity contribution in [3.8, 4) is 0 Å². The zero-order valence-electron chi connectivity index (χ0n) is 16.4. The molecule has 0 spiro atoms. The molecule has 0 aromatic carbocycles. The monoisotopic (exact) mass is 552 g/mol. The van der Waals surface area contributed by atoms with Crippen LogP contribution < -0.4 is 10.6 Å². The van der Waals surface area contributed by atoms with Crippen LogP contribution in [-0.4, -0.2) is 66.6 Å². The molecule has 1 aliphatic heterocycles. The standard InChI is InChI=1S/C16H27F3N6O2S.HI/c1-3-20-15(21-8-4-5-13-11-22-24-12(13)2)23-14-6-9-25(10-7-14)28(26,27)16(17,18)19;/h11,14H,3-10H2,1-2H3,(H,22,24)(H2,20,21,23);1H. The van der Waals surface area contributed by atoms with E-state index in [9.17, 15) is 21.6 Å². The van der Waals surface area contributed by atoms with E-state index in [0.29, 0.717) is 23.4 Å². The van der Waals surface area contributed by atoms with E-state index in [2.05, 4.69) is 25.8 Å². The lowest BCUT2D eigenvalue weighted by molar-refractivity contribution is -0.0494. The highest BCUT2D eigenvalue weighted by Gasteiger charge is 2.50. The van der Waals surface area contributed by atoms with Crippen LogP contribution in [0, 0.1) is 6.92 Å². The molecule has 0 radical (unpaired) electrons. The molecule has 1 aromatic heterocycles. The van der Waals surface area contributed by atoms with Gasteiger partial charge in [0, 0.05) is 37.9 Å². The average Bonchev–Trinajstić information content (AvgIpc) is 3.03. The Morgan fingerprint density at radius 3 is 2.55 bits per heavy atom. The van der Waals surface area contributed by atoms with E-state index in [1.807, 2.05) is 13.8 Å². The number of hydrogen-bond acceptors (Lipinski definition) is 4. The Morgan fingerprint density at radius 1 is 1.38 bits per heavy atom. The molecule has 29 heavy (non-hydrogen) atoms. The van der Waals surface area contributed by atoms with Crippen LogP contribution in [0.5, 0.6) is 0 Å². The first kappa shape index (κ1) is 25.9. The van der Waals surface area contributed by atoms with Crippen LogP contribution in [0.2, 0.25) is 0 Å². The molecule has 0 saturated carbocycles. The molecule has 1 saturated heterocycles. The van der Waals surface area contributed by atoms with E-state index in [0.717, 1.165) is 24.1 Å². The van der Waals surface area contributed by atoms with Gasteiger partial charge in [-0.15, -0.1) is 24.0 Å².